The van der Waals surface area contributed by atoms with Crippen LogP contribution in [0, 0.1) is 0 Å². The summed E-state index contributed by atoms with van der Waals surface area (Å²) in [5.74, 6) is 0.937. The summed E-state index contributed by atoms with van der Waals surface area (Å²) in [5.41, 5.74) is 3.35. The number of hydrogen-bond donors (Lipinski definition) is 0. The topological polar surface area (TPSA) is 55.6 Å². The molecule has 0 aliphatic carbocycles. The van der Waals surface area contributed by atoms with E-state index < -0.39 is 0 Å². The van der Waals surface area contributed by atoms with Gasteiger partial charge in [-0.05, 0) is 29.8 Å². The van der Waals surface area contributed by atoms with E-state index in [1.165, 1.54) is 11.8 Å². The molecule has 3 aromatic carbocycles. The third-order valence-electron chi connectivity index (χ3n) is 4.88. The fraction of sp³-hybridized carbons (Fsp3) is 0.130. The molecule has 0 saturated carbocycles. The molecule has 0 N–H and O–H groups in total. The van der Waals surface area contributed by atoms with Crippen molar-refractivity contribution in [1.29, 1.82) is 0 Å². The Balaban J connectivity index is 1.42. The van der Waals surface area contributed by atoms with Crippen LogP contribution in [0.25, 0.3) is 11.1 Å². The Hall–Kier alpha value is -3.25. The maximum Gasteiger partial charge on any atom is 0.257 e. The molecular weight excluding hydrogens is 384 g/mol. The van der Waals surface area contributed by atoms with Crippen LogP contribution in [0.5, 0.6) is 5.75 Å². The number of fused-ring (bicyclic) bond motifs is 2. The molecule has 2 heterocycles. The lowest BCUT2D eigenvalue weighted by Crippen LogP contribution is -2.42. The van der Waals surface area contributed by atoms with Gasteiger partial charge in [0.2, 0.25) is 5.91 Å². The van der Waals surface area contributed by atoms with Gasteiger partial charge >= 0.3 is 0 Å². The quantitative estimate of drug-likeness (QED) is 0.445. The molecule has 0 saturated heterocycles. The molecule has 0 spiro atoms. The van der Waals surface area contributed by atoms with Gasteiger partial charge in [0.25, 0.3) is 5.22 Å². The average Bonchev–Trinajstić information content (AvgIpc) is 3.20. The molecule has 1 aromatic heterocycles. The Morgan fingerprint density at radius 2 is 1.76 bits per heavy atom. The fourth-order valence-corrected chi connectivity index (χ4v) is 4.22. The number of anilines is 1. The van der Waals surface area contributed by atoms with Gasteiger partial charge in [-0.3, -0.25) is 9.69 Å². The van der Waals surface area contributed by atoms with Crippen molar-refractivity contribution in [3.63, 3.8) is 0 Å². The summed E-state index contributed by atoms with van der Waals surface area (Å²) in [6.07, 6.45) is 0. The summed E-state index contributed by atoms with van der Waals surface area (Å²) in [7, 11) is 0. The monoisotopic (exact) mass is 402 g/mol. The van der Waals surface area contributed by atoms with Gasteiger partial charge in [0.15, 0.2) is 5.58 Å². The third-order valence-corrected chi connectivity index (χ3v) is 5.69. The van der Waals surface area contributed by atoms with Crippen molar-refractivity contribution in [2.24, 2.45) is 0 Å². The minimum absolute atomic E-state index is 0.0122. The molecule has 5 rings (SSSR count). The molecule has 0 bridgehead atoms. The zero-order valence-corrected chi connectivity index (χ0v) is 16.3. The predicted octanol–water partition coefficient (Wildman–Crippen LogP) is 5.09. The second kappa shape index (κ2) is 7.64. The fourth-order valence-electron chi connectivity index (χ4n) is 3.52. The molecule has 1 aliphatic rings. The summed E-state index contributed by atoms with van der Waals surface area (Å²) in [6.45, 7) is 0.417. The number of carbonyl (C=O) groups excluding carboxylic acids is 1. The molecule has 6 heteroatoms. The van der Waals surface area contributed by atoms with Crippen LogP contribution in [-0.4, -0.2) is 23.3 Å². The van der Waals surface area contributed by atoms with Crippen molar-refractivity contribution >= 4 is 34.5 Å². The first-order valence-corrected chi connectivity index (χ1v) is 10.4. The molecule has 5 nitrogen and oxygen atoms in total. The number of para-hydroxylation sites is 4. The number of amides is 1. The van der Waals surface area contributed by atoms with Gasteiger partial charge in [-0.15, -0.1) is 0 Å². The highest BCUT2D eigenvalue weighted by atomic mass is 32.2. The van der Waals surface area contributed by atoms with Crippen molar-refractivity contribution in [1.82, 2.24) is 4.98 Å². The van der Waals surface area contributed by atoms with Crippen molar-refractivity contribution in [3.8, 4) is 5.75 Å². The third kappa shape index (κ3) is 3.47. The summed E-state index contributed by atoms with van der Waals surface area (Å²) in [5, 5.41) is 0.498. The first-order chi connectivity index (χ1) is 14.3. The second-order valence-electron chi connectivity index (χ2n) is 6.71. The highest BCUT2D eigenvalue weighted by Crippen LogP contribution is 2.39. The van der Waals surface area contributed by atoms with E-state index in [0.29, 0.717) is 11.8 Å². The molecule has 29 heavy (non-hydrogen) atoms. The molecule has 0 fully saturated rings. The molecule has 0 unspecified atom stereocenters. The van der Waals surface area contributed by atoms with E-state index in [-0.39, 0.29) is 17.7 Å². The Kier molecular flexibility index (Phi) is 4.69. The Labute approximate surface area is 172 Å². The van der Waals surface area contributed by atoms with E-state index in [1.54, 1.807) is 0 Å². The van der Waals surface area contributed by atoms with Crippen LogP contribution in [0.1, 0.15) is 11.6 Å². The molecule has 4 aromatic rings. The molecule has 1 aliphatic heterocycles. The standard InChI is InChI=1S/C23H18N2O3S/c26-22(15-29-23-24-17-10-4-6-12-20(17)28-23)25-18-11-5-7-13-21(18)27-14-19(25)16-8-2-1-3-9-16/h1-13,19H,14-15H2/t19-/m1/s1. The molecule has 1 amide bonds. The first kappa shape index (κ1) is 17.8. The van der Waals surface area contributed by atoms with Crippen LogP contribution in [0.3, 0.4) is 0 Å². The van der Waals surface area contributed by atoms with Gasteiger partial charge < -0.3 is 9.15 Å². The summed E-state index contributed by atoms with van der Waals surface area (Å²) >= 11 is 1.31. The SMILES string of the molecule is O=C(CSc1nc2ccccc2o1)N1c2ccccc2OC[C@@H]1c1ccccc1. The van der Waals surface area contributed by atoms with Crippen molar-refractivity contribution in [2.45, 2.75) is 11.3 Å². The van der Waals surface area contributed by atoms with E-state index in [9.17, 15) is 4.79 Å². The van der Waals surface area contributed by atoms with Crippen LogP contribution in [-0.2, 0) is 4.79 Å². The summed E-state index contributed by atoms with van der Waals surface area (Å²) in [4.78, 5) is 19.6. The first-order valence-electron chi connectivity index (χ1n) is 9.37. The Morgan fingerprint density at radius 3 is 2.62 bits per heavy atom. The molecule has 1 atom stereocenters. The van der Waals surface area contributed by atoms with Crippen LogP contribution < -0.4 is 9.64 Å². The molecule has 0 radical (unpaired) electrons. The van der Waals surface area contributed by atoms with E-state index in [0.717, 1.165) is 28.1 Å². The zero-order chi connectivity index (χ0) is 19.6. The van der Waals surface area contributed by atoms with Gasteiger partial charge in [-0.2, -0.15) is 0 Å². The van der Waals surface area contributed by atoms with Crippen LogP contribution in [0.15, 0.2) is 88.5 Å². The van der Waals surface area contributed by atoms with Gasteiger partial charge in [-0.25, -0.2) is 4.98 Å². The Morgan fingerprint density at radius 1 is 1.00 bits per heavy atom. The maximum absolute atomic E-state index is 13.3. The number of rotatable bonds is 4. The number of thioether (sulfide) groups is 1. The van der Waals surface area contributed by atoms with Crippen molar-refractivity contribution in [2.75, 3.05) is 17.3 Å². The smallest absolute Gasteiger partial charge is 0.257 e. The second-order valence-corrected chi connectivity index (χ2v) is 7.63. The lowest BCUT2D eigenvalue weighted by atomic mass is 10.0. The molecular formula is C23H18N2O3S. The number of nitrogens with zero attached hydrogens (tertiary/aromatic N) is 2. The van der Waals surface area contributed by atoms with Crippen LogP contribution in [0.4, 0.5) is 5.69 Å². The predicted molar refractivity (Wildman–Crippen MR) is 113 cm³/mol. The maximum atomic E-state index is 13.3. The molecule has 144 valence electrons. The van der Waals surface area contributed by atoms with E-state index in [2.05, 4.69) is 4.98 Å². The van der Waals surface area contributed by atoms with Gasteiger partial charge in [0.1, 0.15) is 17.9 Å². The van der Waals surface area contributed by atoms with Crippen molar-refractivity contribution < 1.29 is 13.9 Å². The number of oxazole rings is 1. The van der Waals surface area contributed by atoms with Crippen molar-refractivity contribution in [3.05, 3.63) is 84.4 Å². The number of carbonyl (C=O) groups is 1. The summed E-state index contributed by atoms with van der Waals surface area (Å²) < 4.78 is 11.7. The zero-order valence-electron chi connectivity index (χ0n) is 15.5. The number of hydrogen-bond acceptors (Lipinski definition) is 5. The number of ether oxygens (including phenoxy) is 1. The highest BCUT2D eigenvalue weighted by Gasteiger charge is 2.33. The minimum atomic E-state index is -0.178. The van der Waals surface area contributed by atoms with Gasteiger partial charge in [0, 0.05) is 0 Å². The largest absolute Gasteiger partial charge is 0.489 e. The Bertz CT molecular complexity index is 1130. The number of aromatic nitrogens is 1. The lowest BCUT2D eigenvalue weighted by Gasteiger charge is -2.37. The summed E-state index contributed by atoms with van der Waals surface area (Å²) in [6, 6.07) is 25.0. The average molecular weight is 402 g/mol. The van der Waals surface area contributed by atoms with E-state index in [1.807, 2.05) is 83.8 Å². The van der Waals surface area contributed by atoms with Crippen LogP contribution >= 0.6 is 11.8 Å². The normalized spacial score (nSPS) is 15.7. The van der Waals surface area contributed by atoms with Crippen LogP contribution in [0.2, 0.25) is 0 Å². The van der Waals surface area contributed by atoms with Gasteiger partial charge in [0.05, 0.1) is 17.5 Å². The lowest BCUT2D eigenvalue weighted by molar-refractivity contribution is -0.117. The number of benzene rings is 3. The van der Waals surface area contributed by atoms with E-state index in [4.69, 9.17) is 9.15 Å². The van der Waals surface area contributed by atoms with E-state index >= 15 is 0 Å². The minimum Gasteiger partial charge on any atom is -0.489 e. The highest BCUT2D eigenvalue weighted by molar-refractivity contribution is 7.99. The van der Waals surface area contributed by atoms with Gasteiger partial charge in [-0.1, -0.05) is 66.4 Å².